The van der Waals surface area contributed by atoms with Gasteiger partial charge >= 0.3 is 12.1 Å². The van der Waals surface area contributed by atoms with E-state index in [-0.39, 0.29) is 19.4 Å². The summed E-state index contributed by atoms with van der Waals surface area (Å²) in [6, 6.07) is 25.5. The lowest BCUT2D eigenvalue weighted by molar-refractivity contribution is -0.142. The van der Waals surface area contributed by atoms with Gasteiger partial charge < -0.3 is 40.8 Å². The van der Waals surface area contributed by atoms with Gasteiger partial charge in [0.2, 0.25) is 17.7 Å². The number of methoxy groups -OCH3 is 1. The number of hydrogen-bond donors (Lipinski definition) is 6. The number of rotatable bonds is 16. The molecular formula is C43H49N5O8. The molecule has 0 aliphatic heterocycles. The largest absolute Gasteiger partial charge is 0.496 e. The fraction of sp³-hybridized carbons (Fsp3) is 0.326. The molecule has 294 valence electrons. The monoisotopic (exact) mass is 763 g/mol. The van der Waals surface area contributed by atoms with Crippen LogP contribution in [0.15, 0.2) is 97.2 Å². The van der Waals surface area contributed by atoms with Gasteiger partial charge in [0.1, 0.15) is 29.0 Å². The van der Waals surface area contributed by atoms with Gasteiger partial charge in [-0.1, -0.05) is 78.9 Å². The molecule has 0 bridgehead atoms. The van der Waals surface area contributed by atoms with Crippen molar-refractivity contribution in [3.8, 4) is 5.75 Å². The predicted octanol–water partition coefficient (Wildman–Crippen LogP) is 5.20. The van der Waals surface area contributed by atoms with Crippen LogP contribution in [0.4, 0.5) is 4.79 Å². The zero-order valence-electron chi connectivity index (χ0n) is 32.2. The highest BCUT2D eigenvalue weighted by Crippen LogP contribution is 2.23. The number of carboxylic acid groups (broad SMARTS) is 1. The van der Waals surface area contributed by atoms with Gasteiger partial charge in [0.25, 0.3) is 0 Å². The average Bonchev–Trinajstić information content (AvgIpc) is 3.55. The molecule has 13 nitrogen and oxygen atoms in total. The van der Waals surface area contributed by atoms with Crippen LogP contribution in [0.25, 0.3) is 21.7 Å². The molecule has 1 aromatic heterocycles. The Morgan fingerprint density at radius 1 is 0.786 bits per heavy atom. The first kappa shape index (κ1) is 40.8. The van der Waals surface area contributed by atoms with Crippen molar-refractivity contribution in [1.82, 2.24) is 26.3 Å². The lowest BCUT2D eigenvalue weighted by atomic mass is 9.89. The van der Waals surface area contributed by atoms with Crippen LogP contribution in [-0.2, 0) is 43.2 Å². The Kier molecular flexibility index (Phi) is 13.0. The minimum atomic E-state index is -1.75. The van der Waals surface area contributed by atoms with Crippen molar-refractivity contribution in [2.75, 3.05) is 13.7 Å². The summed E-state index contributed by atoms with van der Waals surface area (Å²) in [7, 11) is 1.54. The Hall–Kier alpha value is -6.37. The molecule has 0 saturated heterocycles. The lowest BCUT2D eigenvalue weighted by Crippen LogP contribution is -2.64. The highest BCUT2D eigenvalue weighted by atomic mass is 16.6. The van der Waals surface area contributed by atoms with E-state index in [4.69, 9.17) is 9.47 Å². The van der Waals surface area contributed by atoms with Gasteiger partial charge in [-0.15, -0.1) is 0 Å². The van der Waals surface area contributed by atoms with Crippen molar-refractivity contribution in [1.29, 1.82) is 0 Å². The molecule has 4 aromatic carbocycles. The van der Waals surface area contributed by atoms with E-state index in [0.717, 1.165) is 32.8 Å². The minimum Gasteiger partial charge on any atom is -0.496 e. The maximum atomic E-state index is 14.4. The van der Waals surface area contributed by atoms with Gasteiger partial charge in [-0.05, 0) is 73.7 Å². The number of carbonyl (C=O) groups is 5. The van der Waals surface area contributed by atoms with Gasteiger partial charge in [0, 0.05) is 36.5 Å². The third kappa shape index (κ3) is 10.9. The number of hydrogen-bond acceptors (Lipinski definition) is 7. The number of aliphatic carboxylic acids is 1. The quantitative estimate of drug-likeness (QED) is 0.0791. The summed E-state index contributed by atoms with van der Waals surface area (Å²) >= 11 is 0. The van der Waals surface area contributed by atoms with E-state index in [1.807, 2.05) is 84.9 Å². The highest BCUT2D eigenvalue weighted by Gasteiger charge is 2.40. The van der Waals surface area contributed by atoms with Crippen molar-refractivity contribution in [3.05, 3.63) is 114 Å². The maximum Gasteiger partial charge on any atom is 0.408 e. The molecule has 0 aliphatic carbocycles. The van der Waals surface area contributed by atoms with Crippen LogP contribution in [0.3, 0.4) is 0 Å². The Bertz CT molecular complexity index is 2210. The topological polar surface area (TPSA) is 188 Å². The number of para-hydroxylation sites is 2. The normalized spacial score (nSPS) is 13.5. The number of H-pyrrole nitrogens is 1. The molecule has 4 amide bonds. The van der Waals surface area contributed by atoms with Gasteiger partial charge in [-0.25, -0.2) is 4.79 Å². The number of fused-ring (bicyclic) bond motifs is 2. The molecule has 0 saturated carbocycles. The summed E-state index contributed by atoms with van der Waals surface area (Å²) in [5, 5.41) is 23.4. The third-order valence-electron chi connectivity index (χ3n) is 9.26. The zero-order valence-corrected chi connectivity index (χ0v) is 32.2. The number of benzene rings is 4. The van der Waals surface area contributed by atoms with E-state index in [1.54, 1.807) is 40.1 Å². The van der Waals surface area contributed by atoms with E-state index >= 15 is 0 Å². The van der Waals surface area contributed by atoms with E-state index in [1.165, 1.54) is 6.92 Å². The molecule has 0 radical (unpaired) electrons. The Balaban J connectivity index is 1.43. The molecule has 0 fully saturated rings. The maximum absolute atomic E-state index is 14.4. The number of ether oxygens (including phenoxy) is 2. The summed E-state index contributed by atoms with van der Waals surface area (Å²) in [4.78, 5) is 70.6. The molecule has 3 atom stereocenters. The van der Waals surface area contributed by atoms with Crippen molar-refractivity contribution in [2.45, 2.75) is 76.6 Å². The summed E-state index contributed by atoms with van der Waals surface area (Å²) < 4.78 is 10.9. The number of nitrogens with one attached hydrogen (secondary N) is 5. The number of aromatic amines is 1. The van der Waals surface area contributed by atoms with Gasteiger partial charge in [-0.2, -0.15) is 0 Å². The molecule has 13 heteroatoms. The van der Waals surface area contributed by atoms with E-state index < -0.39 is 59.4 Å². The van der Waals surface area contributed by atoms with Crippen LogP contribution in [0.1, 0.15) is 50.8 Å². The van der Waals surface area contributed by atoms with Crippen LogP contribution in [0, 0.1) is 0 Å². The molecule has 0 aliphatic rings. The molecule has 5 aromatic rings. The van der Waals surface area contributed by atoms with Crippen LogP contribution in [-0.4, -0.2) is 76.8 Å². The molecular weight excluding hydrogens is 714 g/mol. The fourth-order valence-corrected chi connectivity index (χ4v) is 6.53. The fourth-order valence-electron chi connectivity index (χ4n) is 6.53. The van der Waals surface area contributed by atoms with Crippen LogP contribution in [0.5, 0.6) is 5.75 Å². The van der Waals surface area contributed by atoms with Crippen molar-refractivity contribution >= 4 is 51.5 Å². The second kappa shape index (κ2) is 17.8. The highest BCUT2D eigenvalue weighted by molar-refractivity contribution is 5.98. The van der Waals surface area contributed by atoms with Crippen molar-refractivity contribution in [2.24, 2.45) is 0 Å². The second-order valence-electron chi connectivity index (χ2n) is 14.9. The first-order valence-electron chi connectivity index (χ1n) is 18.4. The average molecular weight is 764 g/mol. The summed E-state index contributed by atoms with van der Waals surface area (Å²) in [6.07, 6.45) is 0.600. The van der Waals surface area contributed by atoms with E-state index in [0.29, 0.717) is 17.7 Å². The molecule has 0 unspecified atom stereocenters. The zero-order chi connectivity index (χ0) is 40.5. The van der Waals surface area contributed by atoms with Crippen molar-refractivity contribution < 1.29 is 38.6 Å². The summed E-state index contributed by atoms with van der Waals surface area (Å²) in [5.74, 6) is -2.87. The SMILES string of the molecule is COc1ccccc1CCNC(=O)[C@H](CC(=O)O)NC(=O)[C@](C)(Cc1ccc2ccccc2c1)NC(=O)[C@H](Cc1c[nH]c2ccccc12)NC(=O)OC(C)(C)C. The van der Waals surface area contributed by atoms with Crippen LogP contribution in [0.2, 0.25) is 0 Å². The first-order chi connectivity index (χ1) is 26.6. The predicted molar refractivity (Wildman–Crippen MR) is 213 cm³/mol. The molecule has 1 heterocycles. The smallest absolute Gasteiger partial charge is 0.408 e. The van der Waals surface area contributed by atoms with Gasteiger partial charge in [-0.3, -0.25) is 19.2 Å². The molecule has 5 rings (SSSR count). The summed E-state index contributed by atoms with van der Waals surface area (Å²) in [5.41, 5.74) is 0.493. The first-order valence-corrected chi connectivity index (χ1v) is 18.4. The van der Waals surface area contributed by atoms with Crippen LogP contribution >= 0.6 is 0 Å². The number of amides is 4. The number of aromatic nitrogens is 1. The molecule has 56 heavy (non-hydrogen) atoms. The van der Waals surface area contributed by atoms with Crippen LogP contribution < -0.4 is 26.0 Å². The number of carboxylic acids is 1. The number of alkyl carbamates (subject to hydrolysis) is 1. The molecule has 6 N–H and O–H groups in total. The van der Waals surface area contributed by atoms with E-state index in [9.17, 15) is 29.1 Å². The Labute approximate surface area is 325 Å². The number of carbonyl (C=O) groups excluding carboxylic acids is 4. The lowest BCUT2D eigenvalue weighted by Gasteiger charge is -2.33. The van der Waals surface area contributed by atoms with Gasteiger partial charge in [0.05, 0.1) is 13.5 Å². The Morgan fingerprint density at radius 3 is 2.21 bits per heavy atom. The van der Waals surface area contributed by atoms with E-state index in [2.05, 4.69) is 26.3 Å². The standard InChI is InChI=1S/C43H49N5O8/c1-42(2,3)56-41(54)47-34(23-31-26-45-33-16-10-9-15-32(31)33)39(52)48-43(4,25-27-18-19-28-12-6-7-14-30(28)22-27)40(53)46-35(24-37(49)50)38(51)44-21-20-29-13-8-11-17-36(29)55-5/h6-19,22,26,34-35,45H,20-21,23-25H2,1-5H3,(H,44,51)(H,46,53)(H,47,54)(H,48,52)(H,49,50)/t34-,35-,43-/m0/s1. The van der Waals surface area contributed by atoms with Gasteiger partial charge in [0.15, 0.2) is 0 Å². The molecule has 0 spiro atoms. The third-order valence-corrected chi connectivity index (χ3v) is 9.26. The summed E-state index contributed by atoms with van der Waals surface area (Å²) in [6.45, 7) is 6.75. The van der Waals surface area contributed by atoms with Crippen molar-refractivity contribution in [3.63, 3.8) is 0 Å². The second-order valence-corrected chi connectivity index (χ2v) is 14.9. The minimum absolute atomic E-state index is 0.0407. The Morgan fingerprint density at radius 2 is 1.48 bits per heavy atom.